The maximum absolute atomic E-state index is 5.81. The van der Waals surface area contributed by atoms with E-state index in [0.29, 0.717) is 6.54 Å². The first-order chi connectivity index (χ1) is 8.72. The van der Waals surface area contributed by atoms with Crippen molar-refractivity contribution in [2.24, 2.45) is 5.73 Å². The van der Waals surface area contributed by atoms with Crippen molar-refractivity contribution >= 4 is 21.6 Å². The molecule has 0 fully saturated rings. The number of aromatic nitrogens is 1. The minimum atomic E-state index is 0.517. The van der Waals surface area contributed by atoms with Crippen LogP contribution in [-0.4, -0.2) is 12.0 Å². The second-order valence-electron chi connectivity index (χ2n) is 4.12. The molecule has 0 atom stereocenters. The summed E-state index contributed by atoms with van der Waals surface area (Å²) in [5, 5.41) is 0. The second kappa shape index (κ2) is 5.98. The highest BCUT2D eigenvalue weighted by molar-refractivity contribution is 9.10. The molecule has 0 unspecified atom stereocenters. The number of hydrogen-bond acceptors (Lipinski definition) is 3. The molecular weight excluding hydrogens is 290 g/mol. The summed E-state index contributed by atoms with van der Waals surface area (Å²) < 4.78 is 1.05. The van der Waals surface area contributed by atoms with Gasteiger partial charge in [-0.15, -0.1) is 0 Å². The van der Waals surface area contributed by atoms with E-state index in [1.807, 2.05) is 36.5 Å². The predicted molar refractivity (Wildman–Crippen MR) is 78.4 cm³/mol. The maximum Gasteiger partial charge on any atom is 0.0598 e. The number of nitrogens with zero attached hydrogens (tertiary/aromatic N) is 2. The second-order valence-corrected chi connectivity index (χ2v) is 4.97. The molecule has 0 spiro atoms. The Balaban J connectivity index is 2.24. The van der Waals surface area contributed by atoms with Crippen LogP contribution in [0.4, 0.5) is 5.69 Å². The molecule has 2 N–H and O–H groups in total. The van der Waals surface area contributed by atoms with Crippen LogP contribution in [0.5, 0.6) is 0 Å². The van der Waals surface area contributed by atoms with Crippen LogP contribution in [0.15, 0.2) is 47.1 Å². The van der Waals surface area contributed by atoms with E-state index in [1.165, 1.54) is 0 Å². The molecular formula is C14H16BrN3. The third kappa shape index (κ3) is 2.89. The first kappa shape index (κ1) is 13.1. The third-order valence-electron chi connectivity index (χ3n) is 2.83. The van der Waals surface area contributed by atoms with Crippen LogP contribution in [0, 0.1) is 0 Å². The van der Waals surface area contributed by atoms with E-state index in [4.69, 9.17) is 5.73 Å². The Kier molecular flexibility index (Phi) is 4.33. The van der Waals surface area contributed by atoms with E-state index in [9.17, 15) is 0 Å². The van der Waals surface area contributed by atoms with Gasteiger partial charge in [-0.25, -0.2) is 0 Å². The van der Waals surface area contributed by atoms with Gasteiger partial charge in [0.05, 0.1) is 12.2 Å². The van der Waals surface area contributed by atoms with Crippen LogP contribution in [0.2, 0.25) is 0 Å². The SMILES string of the molecule is CN(Cc1ccccn1)c1cccc(Br)c1CN. The molecule has 2 aromatic rings. The molecule has 1 heterocycles. The molecule has 0 aliphatic rings. The lowest BCUT2D eigenvalue weighted by Crippen LogP contribution is -2.19. The summed E-state index contributed by atoms with van der Waals surface area (Å²) in [5.41, 5.74) is 9.11. The topological polar surface area (TPSA) is 42.2 Å². The molecule has 0 amide bonds. The van der Waals surface area contributed by atoms with Gasteiger partial charge >= 0.3 is 0 Å². The Morgan fingerprint density at radius 3 is 2.72 bits per heavy atom. The summed E-state index contributed by atoms with van der Waals surface area (Å²) in [5.74, 6) is 0. The normalized spacial score (nSPS) is 10.4. The van der Waals surface area contributed by atoms with Crippen molar-refractivity contribution in [1.29, 1.82) is 0 Å². The van der Waals surface area contributed by atoms with Gasteiger partial charge in [-0.2, -0.15) is 0 Å². The molecule has 0 aliphatic heterocycles. The van der Waals surface area contributed by atoms with E-state index in [1.54, 1.807) is 0 Å². The van der Waals surface area contributed by atoms with Crippen LogP contribution in [0.25, 0.3) is 0 Å². The number of rotatable bonds is 4. The minimum absolute atomic E-state index is 0.517. The number of benzene rings is 1. The van der Waals surface area contributed by atoms with Gasteiger partial charge in [-0.05, 0) is 24.3 Å². The quantitative estimate of drug-likeness (QED) is 0.944. The molecule has 0 radical (unpaired) electrons. The largest absolute Gasteiger partial charge is 0.368 e. The molecule has 4 heteroatoms. The van der Waals surface area contributed by atoms with Crippen molar-refractivity contribution in [3.05, 3.63) is 58.3 Å². The van der Waals surface area contributed by atoms with Gasteiger partial charge in [0.25, 0.3) is 0 Å². The van der Waals surface area contributed by atoms with E-state index in [2.05, 4.69) is 38.9 Å². The van der Waals surface area contributed by atoms with E-state index in [-0.39, 0.29) is 0 Å². The Bertz CT molecular complexity index is 514. The fourth-order valence-corrected chi connectivity index (χ4v) is 2.44. The van der Waals surface area contributed by atoms with Crippen LogP contribution >= 0.6 is 15.9 Å². The van der Waals surface area contributed by atoms with Crippen molar-refractivity contribution in [3.8, 4) is 0 Å². The molecule has 2 rings (SSSR count). The molecule has 0 bridgehead atoms. The van der Waals surface area contributed by atoms with Gasteiger partial charge in [0.15, 0.2) is 0 Å². The molecule has 1 aromatic heterocycles. The Morgan fingerprint density at radius 1 is 1.22 bits per heavy atom. The number of pyridine rings is 1. The van der Waals surface area contributed by atoms with Crippen molar-refractivity contribution in [3.63, 3.8) is 0 Å². The highest BCUT2D eigenvalue weighted by Gasteiger charge is 2.09. The number of halogens is 1. The smallest absolute Gasteiger partial charge is 0.0598 e. The Labute approximate surface area is 116 Å². The van der Waals surface area contributed by atoms with Crippen LogP contribution in [0.3, 0.4) is 0 Å². The van der Waals surface area contributed by atoms with Gasteiger partial charge in [0.2, 0.25) is 0 Å². The predicted octanol–water partition coefficient (Wildman–Crippen LogP) is 2.94. The summed E-state index contributed by atoms with van der Waals surface area (Å²) in [7, 11) is 2.05. The summed E-state index contributed by atoms with van der Waals surface area (Å²) in [4.78, 5) is 6.50. The third-order valence-corrected chi connectivity index (χ3v) is 3.58. The zero-order chi connectivity index (χ0) is 13.0. The summed E-state index contributed by atoms with van der Waals surface area (Å²) in [6, 6.07) is 12.1. The molecule has 3 nitrogen and oxygen atoms in total. The van der Waals surface area contributed by atoms with Crippen molar-refractivity contribution in [1.82, 2.24) is 4.98 Å². The molecule has 18 heavy (non-hydrogen) atoms. The van der Waals surface area contributed by atoms with Gasteiger partial charge < -0.3 is 10.6 Å². The van der Waals surface area contributed by atoms with Crippen LogP contribution < -0.4 is 10.6 Å². The average Bonchev–Trinajstić information content (AvgIpc) is 2.39. The lowest BCUT2D eigenvalue weighted by atomic mass is 10.1. The highest BCUT2D eigenvalue weighted by Crippen LogP contribution is 2.27. The molecule has 0 aliphatic carbocycles. The zero-order valence-corrected chi connectivity index (χ0v) is 11.9. The van der Waals surface area contributed by atoms with E-state index < -0.39 is 0 Å². The standard InChI is InChI=1S/C14H16BrN3/c1-18(10-11-5-2-3-8-17-11)14-7-4-6-13(15)12(14)9-16/h2-8H,9-10,16H2,1H3. The Morgan fingerprint density at radius 2 is 2.06 bits per heavy atom. The van der Waals surface area contributed by atoms with Crippen LogP contribution in [-0.2, 0) is 13.1 Å². The fourth-order valence-electron chi connectivity index (χ4n) is 1.93. The molecule has 1 aromatic carbocycles. The molecule has 0 saturated heterocycles. The minimum Gasteiger partial charge on any atom is -0.368 e. The van der Waals surface area contributed by atoms with Gasteiger partial charge in [-0.1, -0.05) is 28.1 Å². The molecule has 0 saturated carbocycles. The summed E-state index contributed by atoms with van der Waals surface area (Å²) in [6.07, 6.45) is 1.81. The molecule has 94 valence electrons. The van der Waals surface area contributed by atoms with E-state index >= 15 is 0 Å². The van der Waals surface area contributed by atoms with E-state index in [0.717, 1.165) is 28.0 Å². The first-order valence-electron chi connectivity index (χ1n) is 5.81. The van der Waals surface area contributed by atoms with Crippen molar-refractivity contribution in [2.45, 2.75) is 13.1 Å². The Hall–Kier alpha value is -1.39. The summed E-state index contributed by atoms with van der Waals surface area (Å²) >= 11 is 3.54. The average molecular weight is 306 g/mol. The number of anilines is 1. The zero-order valence-electron chi connectivity index (χ0n) is 10.3. The number of nitrogens with two attached hydrogens (primary N) is 1. The van der Waals surface area contributed by atoms with Gasteiger partial charge in [0, 0.05) is 35.5 Å². The van der Waals surface area contributed by atoms with Gasteiger partial charge in [0.1, 0.15) is 0 Å². The van der Waals surface area contributed by atoms with Crippen molar-refractivity contribution < 1.29 is 0 Å². The summed E-state index contributed by atoms with van der Waals surface area (Å²) in [6.45, 7) is 1.29. The highest BCUT2D eigenvalue weighted by atomic mass is 79.9. The van der Waals surface area contributed by atoms with Crippen LogP contribution in [0.1, 0.15) is 11.3 Å². The van der Waals surface area contributed by atoms with Gasteiger partial charge in [-0.3, -0.25) is 4.98 Å². The lowest BCUT2D eigenvalue weighted by molar-refractivity contribution is 0.871. The van der Waals surface area contributed by atoms with Crippen molar-refractivity contribution in [2.75, 3.05) is 11.9 Å². The monoisotopic (exact) mass is 305 g/mol. The lowest BCUT2D eigenvalue weighted by Gasteiger charge is -2.22. The maximum atomic E-state index is 5.81. The fraction of sp³-hybridized carbons (Fsp3) is 0.214. The first-order valence-corrected chi connectivity index (χ1v) is 6.60. The number of hydrogen-bond donors (Lipinski definition) is 1.